The normalized spacial score (nSPS) is 10.8. The Morgan fingerprint density at radius 1 is 1.18 bits per heavy atom. The van der Waals surface area contributed by atoms with E-state index in [2.05, 4.69) is 17.2 Å². The van der Waals surface area contributed by atoms with Crippen molar-refractivity contribution in [1.82, 2.24) is 4.98 Å². The quantitative estimate of drug-likeness (QED) is 0.757. The Kier molecular flexibility index (Phi) is 4.19. The molecule has 1 amide bonds. The Balaban J connectivity index is 1.78. The highest BCUT2D eigenvalue weighted by Gasteiger charge is 2.09. The van der Waals surface area contributed by atoms with Gasteiger partial charge in [0.1, 0.15) is 5.52 Å². The van der Waals surface area contributed by atoms with Crippen LogP contribution < -0.4 is 5.32 Å². The fraction of sp³-hybridized carbons (Fsp3) is 0.222. The average Bonchev–Trinajstić information content (AvgIpc) is 2.95. The Bertz CT molecular complexity index is 778. The number of benzene rings is 2. The Morgan fingerprint density at radius 3 is 2.77 bits per heavy atom. The third-order valence-electron chi connectivity index (χ3n) is 3.47. The third kappa shape index (κ3) is 3.17. The zero-order valence-electron chi connectivity index (χ0n) is 12.5. The highest BCUT2D eigenvalue weighted by molar-refractivity contribution is 6.04. The Hall–Kier alpha value is -2.62. The maximum absolute atomic E-state index is 12.1. The minimum Gasteiger partial charge on any atom is -0.441 e. The molecule has 1 N–H and O–H groups in total. The van der Waals surface area contributed by atoms with Crippen molar-refractivity contribution in [1.29, 1.82) is 0 Å². The average molecular weight is 294 g/mol. The van der Waals surface area contributed by atoms with Gasteiger partial charge in [0.05, 0.1) is 0 Å². The zero-order chi connectivity index (χ0) is 15.4. The maximum atomic E-state index is 12.1. The van der Waals surface area contributed by atoms with Crippen LogP contribution in [0.3, 0.4) is 0 Å². The van der Waals surface area contributed by atoms with E-state index in [1.807, 2.05) is 36.4 Å². The number of unbranched alkanes of at least 4 members (excludes halogenated alkanes) is 1. The summed E-state index contributed by atoms with van der Waals surface area (Å²) in [5.41, 5.74) is 2.88. The number of nitrogens with zero attached hydrogens (tertiary/aromatic N) is 1. The van der Waals surface area contributed by atoms with Gasteiger partial charge in [0.2, 0.25) is 0 Å². The number of aromatic nitrogens is 1. The molecule has 0 atom stereocenters. The minimum atomic E-state index is -0.130. The summed E-state index contributed by atoms with van der Waals surface area (Å²) in [4.78, 5) is 16.6. The number of aryl methyl sites for hydroxylation is 1. The maximum Gasteiger partial charge on any atom is 0.255 e. The molecular weight excluding hydrogens is 276 g/mol. The molecule has 4 nitrogen and oxygen atoms in total. The van der Waals surface area contributed by atoms with Crippen LogP contribution >= 0.6 is 0 Å². The van der Waals surface area contributed by atoms with E-state index in [4.69, 9.17) is 4.42 Å². The van der Waals surface area contributed by atoms with E-state index in [0.29, 0.717) is 5.56 Å². The van der Waals surface area contributed by atoms with Gasteiger partial charge in [0.15, 0.2) is 11.5 Å². The lowest BCUT2D eigenvalue weighted by Gasteiger charge is -2.04. The highest BCUT2D eigenvalue weighted by atomic mass is 16.3. The number of hydrogen-bond acceptors (Lipinski definition) is 3. The van der Waals surface area contributed by atoms with Gasteiger partial charge in [-0.25, -0.2) is 4.98 Å². The van der Waals surface area contributed by atoms with Crippen LogP contribution in [0.5, 0.6) is 0 Å². The molecule has 22 heavy (non-hydrogen) atoms. The van der Waals surface area contributed by atoms with Crippen LogP contribution in [0.1, 0.15) is 36.0 Å². The van der Waals surface area contributed by atoms with Crippen molar-refractivity contribution >= 4 is 22.7 Å². The van der Waals surface area contributed by atoms with Gasteiger partial charge in [-0.1, -0.05) is 31.5 Å². The van der Waals surface area contributed by atoms with Crippen LogP contribution in [0.15, 0.2) is 52.9 Å². The number of nitrogens with one attached hydrogen (secondary N) is 1. The summed E-state index contributed by atoms with van der Waals surface area (Å²) in [6, 6.07) is 14.7. The lowest BCUT2D eigenvalue weighted by atomic mass is 10.2. The van der Waals surface area contributed by atoms with Crippen molar-refractivity contribution in [2.45, 2.75) is 26.2 Å². The number of oxazole rings is 1. The summed E-state index contributed by atoms with van der Waals surface area (Å²) in [5.74, 6) is 0.623. The van der Waals surface area contributed by atoms with E-state index in [1.54, 1.807) is 12.1 Å². The predicted octanol–water partition coefficient (Wildman–Crippen LogP) is 4.42. The fourth-order valence-electron chi connectivity index (χ4n) is 2.28. The monoisotopic (exact) mass is 294 g/mol. The Labute approximate surface area is 129 Å². The molecule has 1 heterocycles. The van der Waals surface area contributed by atoms with E-state index in [9.17, 15) is 4.79 Å². The third-order valence-corrected chi connectivity index (χ3v) is 3.47. The number of amides is 1. The smallest absolute Gasteiger partial charge is 0.255 e. The van der Waals surface area contributed by atoms with Crippen molar-refractivity contribution < 1.29 is 9.21 Å². The SMILES string of the molecule is CCCCc1nc2cc(NC(=O)c3ccccc3)ccc2o1. The molecule has 0 saturated carbocycles. The summed E-state index contributed by atoms with van der Waals surface area (Å²) in [6.07, 6.45) is 3.01. The summed E-state index contributed by atoms with van der Waals surface area (Å²) in [5, 5.41) is 2.88. The van der Waals surface area contributed by atoms with Crippen molar-refractivity contribution in [3.63, 3.8) is 0 Å². The first-order valence-corrected chi connectivity index (χ1v) is 7.52. The summed E-state index contributed by atoms with van der Waals surface area (Å²) >= 11 is 0. The van der Waals surface area contributed by atoms with Gasteiger partial charge < -0.3 is 9.73 Å². The molecule has 3 aromatic rings. The molecule has 0 aliphatic heterocycles. The van der Waals surface area contributed by atoms with Gasteiger partial charge in [-0.2, -0.15) is 0 Å². The van der Waals surface area contributed by atoms with Gasteiger partial charge in [0.25, 0.3) is 5.91 Å². The number of anilines is 1. The first-order chi connectivity index (χ1) is 10.8. The molecule has 0 spiro atoms. The van der Waals surface area contributed by atoms with E-state index in [-0.39, 0.29) is 5.91 Å². The van der Waals surface area contributed by atoms with Gasteiger partial charge in [0, 0.05) is 17.7 Å². The van der Waals surface area contributed by atoms with E-state index >= 15 is 0 Å². The van der Waals surface area contributed by atoms with Crippen LogP contribution in [0.4, 0.5) is 5.69 Å². The lowest BCUT2D eigenvalue weighted by Crippen LogP contribution is -2.11. The van der Waals surface area contributed by atoms with Crippen molar-refractivity contribution in [3.8, 4) is 0 Å². The molecule has 0 saturated heterocycles. The molecule has 112 valence electrons. The van der Waals surface area contributed by atoms with Crippen LogP contribution in [0, 0.1) is 0 Å². The molecule has 0 fully saturated rings. The van der Waals surface area contributed by atoms with Gasteiger partial charge in [-0.05, 0) is 36.8 Å². The second-order valence-electron chi connectivity index (χ2n) is 5.21. The molecule has 0 radical (unpaired) electrons. The van der Waals surface area contributed by atoms with E-state index < -0.39 is 0 Å². The van der Waals surface area contributed by atoms with E-state index in [0.717, 1.165) is 41.9 Å². The van der Waals surface area contributed by atoms with Crippen molar-refractivity contribution in [2.75, 3.05) is 5.32 Å². The van der Waals surface area contributed by atoms with Gasteiger partial charge in [-0.15, -0.1) is 0 Å². The largest absolute Gasteiger partial charge is 0.441 e. The minimum absolute atomic E-state index is 0.130. The van der Waals surface area contributed by atoms with Gasteiger partial charge in [-0.3, -0.25) is 4.79 Å². The van der Waals surface area contributed by atoms with Crippen molar-refractivity contribution in [3.05, 3.63) is 60.0 Å². The molecule has 1 aromatic heterocycles. The van der Waals surface area contributed by atoms with Crippen molar-refractivity contribution in [2.24, 2.45) is 0 Å². The van der Waals surface area contributed by atoms with Crippen LogP contribution in [-0.2, 0) is 6.42 Å². The number of hydrogen-bond donors (Lipinski definition) is 1. The second kappa shape index (κ2) is 6.43. The molecule has 0 aliphatic carbocycles. The zero-order valence-corrected chi connectivity index (χ0v) is 12.5. The van der Waals surface area contributed by atoms with Crippen LogP contribution in [-0.4, -0.2) is 10.9 Å². The number of fused-ring (bicyclic) bond motifs is 1. The summed E-state index contributed by atoms with van der Waals surface area (Å²) in [7, 11) is 0. The fourth-order valence-corrected chi connectivity index (χ4v) is 2.28. The Morgan fingerprint density at radius 2 is 2.00 bits per heavy atom. The molecule has 2 aromatic carbocycles. The first-order valence-electron chi connectivity index (χ1n) is 7.52. The molecule has 0 aliphatic rings. The topological polar surface area (TPSA) is 55.1 Å². The summed E-state index contributed by atoms with van der Waals surface area (Å²) in [6.45, 7) is 2.14. The molecule has 0 bridgehead atoms. The highest BCUT2D eigenvalue weighted by Crippen LogP contribution is 2.21. The number of carbonyl (C=O) groups excluding carboxylic acids is 1. The number of rotatable bonds is 5. The standard InChI is InChI=1S/C18H18N2O2/c1-2-3-9-17-20-15-12-14(10-11-16(15)22-17)19-18(21)13-7-5-4-6-8-13/h4-8,10-12H,2-3,9H2,1H3,(H,19,21). The molecule has 4 heteroatoms. The first kappa shape index (κ1) is 14.3. The molecule has 3 rings (SSSR count). The summed E-state index contributed by atoms with van der Waals surface area (Å²) < 4.78 is 5.69. The van der Waals surface area contributed by atoms with Crippen LogP contribution in [0.25, 0.3) is 11.1 Å². The molecular formula is C18H18N2O2. The van der Waals surface area contributed by atoms with Gasteiger partial charge >= 0.3 is 0 Å². The van der Waals surface area contributed by atoms with E-state index in [1.165, 1.54) is 0 Å². The molecule has 0 unspecified atom stereocenters. The predicted molar refractivity (Wildman–Crippen MR) is 87.0 cm³/mol. The lowest BCUT2D eigenvalue weighted by molar-refractivity contribution is 0.102. The number of carbonyl (C=O) groups is 1. The second-order valence-corrected chi connectivity index (χ2v) is 5.21. The van der Waals surface area contributed by atoms with Crippen LogP contribution in [0.2, 0.25) is 0 Å².